The Morgan fingerprint density at radius 3 is 1.31 bits per heavy atom. The molecule has 0 aliphatic carbocycles. The lowest BCUT2D eigenvalue weighted by Crippen LogP contribution is -2.36. The summed E-state index contributed by atoms with van der Waals surface area (Å²) < 4.78 is 0.687. The van der Waals surface area contributed by atoms with Crippen molar-refractivity contribution in [1.82, 2.24) is 14.7 Å². The molecule has 13 nitrogen and oxygen atoms in total. The predicted octanol–water partition coefficient (Wildman–Crippen LogP) is 10.8. The molecule has 0 spiro atoms. The summed E-state index contributed by atoms with van der Waals surface area (Å²) in [6.45, 7) is -1.43. The van der Waals surface area contributed by atoms with Crippen LogP contribution in [0.3, 0.4) is 0 Å². The number of carboxylic acids is 3. The fourth-order valence-electron chi connectivity index (χ4n) is 7.48. The van der Waals surface area contributed by atoms with Crippen LogP contribution in [-0.2, 0) is 35.2 Å². The topological polar surface area (TPSA) is 176 Å². The molecule has 1 unspecified atom stereocenters. The van der Waals surface area contributed by atoms with E-state index in [9.17, 15) is 44.1 Å². The van der Waals surface area contributed by atoms with Crippen LogP contribution < -0.4 is 4.90 Å². The summed E-state index contributed by atoms with van der Waals surface area (Å²) in [5.74, 6) is -4.55. The summed E-state index contributed by atoms with van der Waals surface area (Å²) in [6.07, 6.45) is 3.89. The number of thiophene rings is 3. The Bertz CT molecular complexity index is 3080. The normalized spacial score (nSPS) is 17.3. The summed E-state index contributed by atoms with van der Waals surface area (Å²) in [4.78, 5) is 84.4. The fraction of sp³-hybridized carbons (Fsp3) is 0.104. The van der Waals surface area contributed by atoms with Gasteiger partial charge in [0.05, 0.1) is 15.1 Å². The van der Waals surface area contributed by atoms with Gasteiger partial charge in [0.1, 0.15) is 32.6 Å². The van der Waals surface area contributed by atoms with Gasteiger partial charge in [-0.05, 0) is 102 Å². The van der Waals surface area contributed by atoms with Gasteiger partial charge in [-0.3, -0.25) is 43.5 Å². The number of thiocarbonyl (C=S) groups is 3. The highest BCUT2D eigenvalue weighted by molar-refractivity contribution is 8.27. The third-order valence-corrected chi connectivity index (χ3v) is 18.4. The molecule has 22 heteroatoms. The van der Waals surface area contributed by atoms with E-state index in [1.807, 2.05) is 109 Å². The molecule has 0 saturated carbocycles. The Balaban J connectivity index is 0.968. The van der Waals surface area contributed by atoms with Gasteiger partial charge in [-0.1, -0.05) is 108 Å². The largest absolute Gasteiger partial charge is 0.480 e. The molecule has 6 aromatic rings. The lowest BCUT2D eigenvalue weighted by Gasteiger charge is -2.26. The molecule has 0 bridgehead atoms. The highest BCUT2D eigenvalue weighted by atomic mass is 32.2. The van der Waals surface area contributed by atoms with Crippen molar-refractivity contribution in [2.45, 2.75) is 11.7 Å². The number of carboxylic acid groups (broad SMARTS) is 3. The van der Waals surface area contributed by atoms with E-state index in [4.69, 9.17) is 36.7 Å². The van der Waals surface area contributed by atoms with Crippen LogP contribution in [0.5, 0.6) is 0 Å². The number of aliphatic carboxylic acids is 3. The molecular weight excluding hydrogens is 1070 g/mol. The number of carbonyl (C=O) groups is 6. The molecule has 6 heterocycles. The maximum Gasteiger partial charge on any atom is 0.323 e. The minimum atomic E-state index is -1.14. The summed E-state index contributed by atoms with van der Waals surface area (Å²) in [5.41, 5.74) is 5.55. The zero-order valence-corrected chi connectivity index (χ0v) is 43.1. The number of benzene rings is 3. The number of amides is 3. The monoisotopic (exact) mass is 1100 g/mol. The molecule has 3 amide bonds. The lowest BCUT2D eigenvalue weighted by atomic mass is 10.1. The van der Waals surface area contributed by atoms with Crippen molar-refractivity contribution >= 4 is 184 Å². The number of nitrogens with zero attached hydrogens (tertiary/aromatic N) is 4. The van der Waals surface area contributed by atoms with Crippen LogP contribution in [0.1, 0.15) is 14.6 Å². The SMILES string of the molecule is O=C(O)CN1C(=O)/C(=C/c2ccc(-c3ccc(N(c4ccc(-c5ccc(/C=C6/SC(=S)N(CC(=O)O)C6=O)s5)cc4)c4ccc(-c5ccc(CC6SC(=S)N(CC(=O)O)C6=O)s5)cc4)cc3)s2)SC1=S. The van der Waals surface area contributed by atoms with E-state index < -0.39 is 54.6 Å². The molecule has 3 fully saturated rings. The molecule has 3 aromatic heterocycles. The van der Waals surface area contributed by atoms with Crippen molar-refractivity contribution in [3.05, 3.63) is 134 Å². The smallest absolute Gasteiger partial charge is 0.323 e. The summed E-state index contributed by atoms with van der Waals surface area (Å²) >= 11 is 23.8. The van der Waals surface area contributed by atoms with E-state index in [0.717, 1.165) is 101 Å². The zero-order valence-electron chi connectivity index (χ0n) is 35.7. The molecule has 1 atom stereocenters. The predicted molar refractivity (Wildman–Crippen MR) is 293 cm³/mol. The van der Waals surface area contributed by atoms with Crippen LogP contribution in [0.2, 0.25) is 0 Å². The molecule has 0 radical (unpaired) electrons. The van der Waals surface area contributed by atoms with Gasteiger partial charge in [0, 0.05) is 52.7 Å². The van der Waals surface area contributed by atoms with Crippen LogP contribution in [0.15, 0.2) is 119 Å². The van der Waals surface area contributed by atoms with E-state index >= 15 is 0 Å². The first-order valence-corrected chi connectivity index (χ1v) is 26.8. The van der Waals surface area contributed by atoms with Crippen molar-refractivity contribution < 1.29 is 44.1 Å². The second-order valence-electron chi connectivity index (χ2n) is 15.4. The first-order valence-electron chi connectivity index (χ1n) is 20.7. The van der Waals surface area contributed by atoms with Gasteiger partial charge in [0.15, 0.2) is 0 Å². The summed E-state index contributed by atoms with van der Waals surface area (Å²) in [6, 6.07) is 36.2. The van der Waals surface area contributed by atoms with Crippen molar-refractivity contribution in [1.29, 1.82) is 0 Å². The van der Waals surface area contributed by atoms with Crippen molar-refractivity contribution in [3.63, 3.8) is 0 Å². The molecule has 70 heavy (non-hydrogen) atoms. The van der Waals surface area contributed by atoms with Crippen molar-refractivity contribution in [2.24, 2.45) is 0 Å². The first-order chi connectivity index (χ1) is 33.6. The fourth-order valence-corrected chi connectivity index (χ4v) is 14.7. The molecule has 3 aliphatic rings. The number of hydrogen-bond acceptors (Lipinski definition) is 16. The number of rotatable bonds is 16. The molecule has 352 valence electrons. The molecule has 3 N–H and O–H groups in total. The average Bonchev–Trinajstić information content (AvgIpc) is 4.21. The van der Waals surface area contributed by atoms with Crippen LogP contribution in [-0.4, -0.2) is 103 Å². The molecular formula is C48H32N4O9S9. The van der Waals surface area contributed by atoms with Gasteiger partial charge in [0.2, 0.25) is 5.91 Å². The van der Waals surface area contributed by atoms with Gasteiger partial charge in [0.25, 0.3) is 11.8 Å². The standard InChI is InChI=1S/C48H32N4O9S9/c53-40(54)22-49-43(59)37(68-46(49)62)19-31-13-16-34(65-31)25-1-7-28(8-2-25)52(29-9-3-26(4-10-29)35-17-14-32(66-35)20-38-44(60)50(23-41(55)56)47(63)69-38)30-11-5-27(6-12-30)36-18-15-33(67-36)21-39-45(61)51(24-42(57)58)48(64)70-39/h1-20,39H,21-24H2,(H,53,54)(H,55,56)(H,57,58)/b37-19-,38-20+. The Labute approximate surface area is 440 Å². The number of thioether (sulfide) groups is 3. The second-order valence-corrected chi connectivity index (χ2v) is 24.0. The zero-order chi connectivity index (χ0) is 49.4. The Hall–Kier alpha value is -5.82. The number of carbonyl (C=O) groups excluding carboxylic acids is 3. The molecule has 9 rings (SSSR count). The Morgan fingerprint density at radius 1 is 0.514 bits per heavy atom. The lowest BCUT2D eigenvalue weighted by molar-refractivity contribution is -0.141. The van der Waals surface area contributed by atoms with Crippen LogP contribution in [0.4, 0.5) is 17.1 Å². The first kappa shape index (κ1) is 49.2. The van der Waals surface area contributed by atoms with Gasteiger partial charge >= 0.3 is 17.9 Å². The third-order valence-electron chi connectivity index (χ3n) is 10.7. The van der Waals surface area contributed by atoms with Gasteiger partial charge < -0.3 is 20.2 Å². The Morgan fingerprint density at radius 2 is 0.900 bits per heavy atom. The van der Waals surface area contributed by atoms with E-state index in [1.54, 1.807) is 23.5 Å². The van der Waals surface area contributed by atoms with Crippen LogP contribution in [0.25, 0.3) is 43.5 Å². The average molecular weight is 1100 g/mol. The molecule has 3 aromatic carbocycles. The minimum absolute atomic E-state index is 0.207. The summed E-state index contributed by atoms with van der Waals surface area (Å²) in [7, 11) is 0. The highest BCUT2D eigenvalue weighted by Crippen LogP contribution is 2.42. The van der Waals surface area contributed by atoms with E-state index in [0.29, 0.717) is 16.2 Å². The maximum atomic E-state index is 13.0. The van der Waals surface area contributed by atoms with Crippen LogP contribution in [0, 0.1) is 0 Å². The van der Waals surface area contributed by atoms with Crippen molar-refractivity contribution in [3.8, 4) is 31.3 Å². The van der Waals surface area contributed by atoms with E-state index in [1.165, 1.54) is 34.4 Å². The number of anilines is 3. The minimum Gasteiger partial charge on any atom is -0.480 e. The highest BCUT2D eigenvalue weighted by Gasteiger charge is 2.38. The number of hydrogen-bond donors (Lipinski definition) is 3. The third kappa shape index (κ3) is 10.7. The van der Waals surface area contributed by atoms with Crippen LogP contribution >= 0.6 is 106 Å². The molecule has 3 saturated heterocycles. The van der Waals surface area contributed by atoms with Gasteiger partial charge in [-0.15, -0.1) is 34.0 Å². The van der Waals surface area contributed by atoms with Gasteiger partial charge in [-0.2, -0.15) is 0 Å². The van der Waals surface area contributed by atoms with E-state index in [2.05, 4.69) is 4.90 Å². The van der Waals surface area contributed by atoms with E-state index in [-0.39, 0.29) is 18.9 Å². The summed E-state index contributed by atoms with van der Waals surface area (Å²) in [5, 5.41) is 27.2. The van der Waals surface area contributed by atoms with Gasteiger partial charge in [-0.25, -0.2) is 0 Å². The Kier molecular flexibility index (Phi) is 14.7. The maximum absolute atomic E-state index is 13.0. The van der Waals surface area contributed by atoms with Crippen molar-refractivity contribution in [2.75, 3.05) is 24.5 Å². The molecule has 3 aliphatic heterocycles. The second kappa shape index (κ2) is 20.9. The quantitative estimate of drug-likeness (QED) is 0.0616.